The van der Waals surface area contributed by atoms with Gasteiger partial charge in [0.2, 0.25) is 5.91 Å². The van der Waals surface area contributed by atoms with E-state index in [0.29, 0.717) is 17.3 Å². The quantitative estimate of drug-likeness (QED) is 0.781. The second-order valence-corrected chi connectivity index (χ2v) is 7.81. The van der Waals surface area contributed by atoms with E-state index >= 15 is 0 Å². The number of hydrogen-bond acceptors (Lipinski definition) is 4. The lowest BCUT2D eigenvalue weighted by Crippen LogP contribution is -2.57. The molecule has 3 N–H and O–H groups in total. The Hall–Kier alpha value is -2.41. The lowest BCUT2D eigenvalue weighted by Gasteiger charge is -2.44. The van der Waals surface area contributed by atoms with Gasteiger partial charge in [0.1, 0.15) is 0 Å². The molecule has 2 aromatic rings. The van der Waals surface area contributed by atoms with Gasteiger partial charge in [-0.2, -0.15) is 5.10 Å². The second kappa shape index (κ2) is 6.09. The summed E-state index contributed by atoms with van der Waals surface area (Å²) in [7, 11) is 0. The zero-order chi connectivity index (χ0) is 17.7. The number of piperidine rings is 3. The minimum Gasteiger partial charge on any atom is -0.346 e. The number of amides is 2. The second-order valence-electron chi connectivity index (χ2n) is 7.81. The molecule has 4 fully saturated rings. The Morgan fingerprint density at radius 1 is 1.15 bits per heavy atom. The van der Waals surface area contributed by atoms with Crippen LogP contribution in [0, 0.1) is 11.8 Å². The van der Waals surface area contributed by atoms with Gasteiger partial charge < -0.3 is 15.5 Å². The van der Waals surface area contributed by atoms with Crippen LogP contribution in [0.3, 0.4) is 0 Å². The van der Waals surface area contributed by atoms with Crippen molar-refractivity contribution < 1.29 is 9.59 Å². The van der Waals surface area contributed by atoms with Crippen molar-refractivity contribution >= 4 is 28.4 Å². The average Bonchev–Trinajstić information content (AvgIpc) is 3.43. The van der Waals surface area contributed by atoms with Gasteiger partial charge in [0.25, 0.3) is 5.91 Å². The van der Waals surface area contributed by atoms with Crippen molar-refractivity contribution in [3.63, 3.8) is 0 Å². The Morgan fingerprint density at radius 3 is 2.65 bits per heavy atom. The molecule has 1 aromatic heterocycles. The van der Waals surface area contributed by atoms with Crippen molar-refractivity contribution in [2.75, 3.05) is 25.0 Å². The van der Waals surface area contributed by atoms with Crippen LogP contribution in [0.1, 0.15) is 36.2 Å². The van der Waals surface area contributed by atoms with Crippen molar-refractivity contribution in [2.24, 2.45) is 11.8 Å². The molecule has 4 heterocycles. The van der Waals surface area contributed by atoms with Gasteiger partial charge in [0.05, 0.1) is 5.52 Å². The van der Waals surface area contributed by atoms with E-state index in [-0.39, 0.29) is 23.8 Å². The number of aromatic amines is 1. The predicted octanol–water partition coefficient (Wildman–Crippen LogP) is 1.74. The molecular weight excluding hydrogens is 330 g/mol. The third-order valence-electron chi connectivity index (χ3n) is 5.97. The zero-order valence-electron chi connectivity index (χ0n) is 14.6. The van der Waals surface area contributed by atoms with Crippen LogP contribution in [0.5, 0.6) is 0 Å². The van der Waals surface area contributed by atoms with Gasteiger partial charge in [0, 0.05) is 29.6 Å². The van der Waals surface area contributed by atoms with Crippen LogP contribution in [0.25, 0.3) is 10.9 Å². The molecule has 1 aliphatic carbocycles. The normalized spacial score (nSPS) is 27.5. The summed E-state index contributed by atoms with van der Waals surface area (Å²) in [5.74, 6) is 0.642. The van der Waals surface area contributed by atoms with Gasteiger partial charge in [-0.25, -0.2) is 0 Å². The maximum atomic E-state index is 12.8. The fourth-order valence-corrected chi connectivity index (χ4v) is 4.22. The largest absolute Gasteiger partial charge is 0.346 e. The van der Waals surface area contributed by atoms with Gasteiger partial charge in [0.15, 0.2) is 5.69 Å². The molecule has 1 saturated carbocycles. The maximum Gasteiger partial charge on any atom is 0.272 e. The number of carbonyl (C=O) groups is 2. The third kappa shape index (κ3) is 2.86. The van der Waals surface area contributed by atoms with Crippen molar-refractivity contribution in [2.45, 2.75) is 31.7 Å². The summed E-state index contributed by atoms with van der Waals surface area (Å²) in [6.45, 7) is 3.22. The van der Waals surface area contributed by atoms with Gasteiger partial charge in [-0.1, -0.05) is 0 Å². The Balaban J connectivity index is 1.35. The number of benzene rings is 1. The highest BCUT2D eigenvalue weighted by Gasteiger charge is 2.35. The molecular formula is C19H23N5O2. The highest BCUT2D eigenvalue weighted by Crippen LogP contribution is 2.31. The highest BCUT2D eigenvalue weighted by atomic mass is 16.2. The number of rotatable bonds is 4. The molecule has 3 saturated heterocycles. The molecule has 4 aliphatic rings. The number of nitrogens with one attached hydrogen (secondary N) is 3. The van der Waals surface area contributed by atoms with E-state index in [0.717, 1.165) is 56.2 Å². The van der Waals surface area contributed by atoms with Crippen LogP contribution < -0.4 is 10.6 Å². The molecule has 7 heteroatoms. The van der Waals surface area contributed by atoms with E-state index in [2.05, 4.69) is 25.7 Å². The molecule has 1 aromatic carbocycles. The lowest BCUT2D eigenvalue weighted by molar-refractivity contribution is -0.117. The first-order valence-corrected chi connectivity index (χ1v) is 9.49. The van der Waals surface area contributed by atoms with Crippen LogP contribution in [0.2, 0.25) is 0 Å². The smallest absolute Gasteiger partial charge is 0.272 e. The summed E-state index contributed by atoms with van der Waals surface area (Å²) in [5, 5.41) is 14.0. The summed E-state index contributed by atoms with van der Waals surface area (Å²) in [6, 6.07) is 5.74. The minimum atomic E-state index is -0.138. The molecule has 2 bridgehead atoms. The Kier molecular flexibility index (Phi) is 3.70. The number of H-pyrrole nitrogens is 1. The average molecular weight is 353 g/mol. The molecule has 2 amide bonds. The first-order valence-electron chi connectivity index (χ1n) is 9.49. The molecule has 3 aliphatic heterocycles. The Bertz CT molecular complexity index is 864. The topological polar surface area (TPSA) is 90.1 Å². The number of fused-ring (bicyclic) bond motifs is 4. The van der Waals surface area contributed by atoms with Gasteiger partial charge >= 0.3 is 0 Å². The predicted molar refractivity (Wildman–Crippen MR) is 97.9 cm³/mol. The van der Waals surface area contributed by atoms with E-state index in [1.165, 1.54) is 0 Å². The molecule has 0 unspecified atom stereocenters. The van der Waals surface area contributed by atoms with E-state index in [1.807, 2.05) is 18.2 Å². The van der Waals surface area contributed by atoms with Crippen molar-refractivity contribution in [3.05, 3.63) is 23.9 Å². The van der Waals surface area contributed by atoms with E-state index in [9.17, 15) is 9.59 Å². The molecule has 0 radical (unpaired) electrons. The fourth-order valence-electron chi connectivity index (χ4n) is 4.22. The van der Waals surface area contributed by atoms with E-state index in [1.54, 1.807) is 0 Å². The van der Waals surface area contributed by atoms with Crippen molar-refractivity contribution in [1.82, 2.24) is 20.4 Å². The van der Waals surface area contributed by atoms with Gasteiger partial charge in [-0.3, -0.25) is 14.7 Å². The number of aromatic nitrogens is 2. The van der Waals surface area contributed by atoms with Crippen LogP contribution >= 0.6 is 0 Å². The van der Waals surface area contributed by atoms with Gasteiger partial charge in [-0.05, 0) is 62.9 Å². The number of hydrogen-bond donors (Lipinski definition) is 3. The molecule has 7 nitrogen and oxygen atoms in total. The standard InChI is InChI=1S/C19H23N5O2/c25-18(12-1-2-12)20-13-3-4-15-14(9-13)17(23-22-15)19(26)21-16-10-24-7-5-11(16)6-8-24/h3-4,9,11-12,16H,1-2,5-8,10H2,(H,20,25)(H,21,26)(H,22,23)/t16-/m1/s1. The van der Waals surface area contributed by atoms with E-state index < -0.39 is 0 Å². The summed E-state index contributed by atoms with van der Waals surface area (Å²) in [6.07, 6.45) is 4.24. The maximum absolute atomic E-state index is 12.8. The zero-order valence-corrected chi connectivity index (χ0v) is 14.6. The Morgan fingerprint density at radius 2 is 1.96 bits per heavy atom. The van der Waals surface area contributed by atoms with E-state index in [4.69, 9.17) is 0 Å². The number of nitrogens with zero attached hydrogens (tertiary/aromatic N) is 2. The SMILES string of the molecule is O=C(N[C@@H]1CN2CCC1CC2)c1n[nH]c2ccc(NC(=O)C3CC3)cc12. The Labute approximate surface area is 151 Å². The minimum absolute atomic E-state index is 0.0612. The van der Waals surface area contributed by atoms with Crippen LogP contribution in [-0.2, 0) is 4.79 Å². The van der Waals surface area contributed by atoms with Crippen molar-refractivity contribution in [1.29, 1.82) is 0 Å². The van der Waals surface area contributed by atoms with Crippen LogP contribution in [-0.4, -0.2) is 52.6 Å². The highest BCUT2D eigenvalue weighted by molar-refractivity contribution is 6.06. The molecule has 0 spiro atoms. The fraction of sp³-hybridized carbons (Fsp3) is 0.526. The summed E-state index contributed by atoms with van der Waals surface area (Å²) >= 11 is 0. The summed E-state index contributed by atoms with van der Waals surface area (Å²) in [5.41, 5.74) is 1.92. The number of carbonyl (C=O) groups excluding carboxylic acids is 2. The number of anilines is 1. The molecule has 136 valence electrons. The molecule has 1 atom stereocenters. The van der Waals surface area contributed by atoms with Crippen LogP contribution in [0.4, 0.5) is 5.69 Å². The lowest BCUT2D eigenvalue weighted by atomic mass is 9.84. The van der Waals surface area contributed by atoms with Crippen LogP contribution in [0.15, 0.2) is 18.2 Å². The molecule has 26 heavy (non-hydrogen) atoms. The monoisotopic (exact) mass is 353 g/mol. The van der Waals surface area contributed by atoms with Gasteiger partial charge in [-0.15, -0.1) is 0 Å². The first-order chi connectivity index (χ1) is 12.7. The summed E-state index contributed by atoms with van der Waals surface area (Å²) < 4.78 is 0. The third-order valence-corrected chi connectivity index (χ3v) is 5.97. The molecule has 6 rings (SSSR count). The summed E-state index contributed by atoms with van der Waals surface area (Å²) in [4.78, 5) is 27.2. The first kappa shape index (κ1) is 15.8. The van der Waals surface area contributed by atoms with Crippen molar-refractivity contribution in [3.8, 4) is 0 Å².